The summed E-state index contributed by atoms with van der Waals surface area (Å²) in [7, 11) is 1.36. The first-order valence-electron chi connectivity index (χ1n) is 4.64. The molecule has 1 aromatic heterocycles. The lowest BCUT2D eigenvalue weighted by atomic mass is 10.1. The smallest absolute Gasteiger partial charge is 0.250 e. The number of allylic oxidation sites excluding steroid dienone is 2. The number of halogens is 1. The lowest BCUT2D eigenvalue weighted by Gasteiger charge is -2.06. The van der Waals surface area contributed by atoms with E-state index in [-0.39, 0.29) is 11.7 Å². The molecule has 0 spiro atoms. The van der Waals surface area contributed by atoms with Gasteiger partial charge in [-0.1, -0.05) is 0 Å². The number of pyridine rings is 1. The first kappa shape index (κ1) is 9.83. The molecule has 0 aromatic carbocycles. The van der Waals surface area contributed by atoms with E-state index in [2.05, 4.69) is 4.98 Å². The van der Waals surface area contributed by atoms with E-state index in [1.54, 1.807) is 6.07 Å². The van der Waals surface area contributed by atoms with Gasteiger partial charge in [0, 0.05) is 18.2 Å². The van der Waals surface area contributed by atoms with E-state index in [4.69, 9.17) is 4.74 Å². The Kier molecular flexibility index (Phi) is 2.49. The minimum Gasteiger partial charge on any atom is -0.479 e. The van der Waals surface area contributed by atoms with Crippen molar-refractivity contribution in [2.75, 3.05) is 7.11 Å². The van der Waals surface area contributed by atoms with Crippen LogP contribution in [0.15, 0.2) is 18.3 Å². The van der Waals surface area contributed by atoms with Crippen molar-refractivity contribution >= 4 is 11.4 Å². The summed E-state index contributed by atoms with van der Waals surface area (Å²) in [5.41, 5.74) is 1.13. The Morgan fingerprint density at radius 3 is 2.87 bits per heavy atom. The molecule has 0 saturated heterocycles. The SMILES string of the molecule is COc1nccc(C2=CC(=O)CC2)c1F. The summed E-state index contributed by atoms with van der Waals surface area (Å²) in [5.74, 6) is -0.492. The molecule has 0 atom stereocenters. The second kappa shape index (κ2) is 3.81. The van der Waals surface area contributed by atoms with E-state index < -0.39 is 5.82 Å². The van der Waals surface area contributed by atoms with Gasteiger partial charge in [0.2, 0.25) is 0 Å². The predicted octanol–water partition coefficient (Wildman–Crippen LogP) is 1.98. The number of hydrogen-bond donors (Lipinski definition) is 0. The number of nitrogens with zero attached hydrogens (tertiary/aromatic N) is 1. The lowest BCUT2D eigenvalue weighted by Crippen LogP contribution is -1.96. The molecule has 1 aromatic rings. The van der Waals surface area contributed by atoms with Crippen LogP contribution < -0.4 is 4.74 Å². The highest BCUT2D eigenvalue weighted by Gasteiger charge is 2.19. The minimum absolute atomic E-state index is 0.0345. The standard InChI is InChI=1S/C11H10FNO2/c1-15-11-10(12)9(4-5-13-11)7-2-3-8(14)6-7/h4-6H,2-3H2,1H3. The summed E-state index contributed by atoms with van der Waals surface area (Å²) in [6.07, 6.45) is 4.00. The Balaban J connectivity index is 2.45. The number of rotatable bonds is 2. The summed E-state index contributed by atoms with van der Waals surface area (Å²) in [6, 6.07) is 1.56. The zero-order valence-electron chi connectivity index (χ0n) is 8.29. The van der Waals surface area contributed by atoms with Crippen LogP contribution in [0, 0.1) is 5.82 Å². The zero-order valence-corrected chi connectivity index (χ0v) is 8.29. The van der Waals surface area contributed by atoms with E-state index in [0.29, 0.717) is 18.4 Å². The van der Waals surface area contributed by atoms with Crippen molar-refractivity contribution in [3.63, 3.8) is 0 Å². The molecule has 78 valence electrons. The summed E-state index contributed by atoms with van der Waals surface area (Å²) in [6.45, 7) is 0. The van der Waals surface area contributed by atoms with Crippen LogP contribution in [-0.4, -0.2) is 17.9 Å². The van der Waals surface area contributed by atoms with Crippen molar-refractivity contribution in [3.8, 4) is 5.88 Å². The molecule has 2 rings (SSSR count). The maximum absolute atomic E-state index is 13.7. The maximum Gasteiger partial charge on any atom is 0.250 e. The molecule has 0 aliphatic heterocycles. The molecule has 15 heavy (non-hydrogen) atoms. The molecule has 0 saturated carbocycles. The van der Waals surface area contributed by atoms with Crippen LogP contribution in [0.2, 0.25) is 0 Å². The van der Waals surface area contributed by atoms with Crippen LogP contribution in [0.4, 0.5) is 4.39 Å². The van der Waals surface area contributed by atoms with Crippen molar-refractivity contribution in [2.45, 2.75) is 12.8 Å². The number of aromatic nitrogens is 1. The minimum atomic E-state index is -0.499. The van der Waals surface area contributed by atoms with Crippen LogP contribution >= 0.6 is 0 Å². The van der Waals surface area contributed by atoms with Gasteiger partial charge >= 0.3 is 0 Å². The van der Waals surface area contributed by atoms with Crippen LogP contribution in [0.25, 0.3) is 5.57 Å². The Labute approximate surface area is 86.6 Å². The fourth-order valence-corrected chi connectivity index (χ4v) is 1.62. The zero-order chi connectivity index (χ0) is 10.8. The summed E-state index contributed by atoms with van der Waals surface area (Å²) in [5, 5.41) is 0. The predicted molar refractivity (Wildman–Crippen MR) is 53.0 cm³/mol. The topological polar surface area (TPSA) is 39.2 Å². The number of ketones is 1. The maximum atomic E-state index is 13.7. The Hall–Kier alpha value is -1.71. The third kappa shape index (κ3) is 1.75. The van der Waals surface area contributed by atoms with Gasteiger partial charge in [0.1, 0.15) is 0 Å². The van der Waals surface area contributed by atoms with Crippen LogP contribution in [0.5, 0.6) is 5.88 Å². The van der Waals surface area contributed by atoms with Gasteiger partial charge in [-0.25, -0.2) is 9.37 Å². The molecule has 3 nitrogen and oxygen atoms in total. The summed E-state index contributed by atoms with van der Waals surface area (Å²) >= 11 is 0. The van der Waals surface area contributed by atoms with Crippen molar-refractivity contribution in [1.82, 2.24) is 4.98 Å². The second-order valence-corrected chi connectivity index (χ2v) is 3.32. The Morgan fingerprint density at radius 1 is 1.47 bits per heavy atom. The van der Waals surface area contributed by atoms with Crippen molar-refractivity contribution in [1.29, 1.82) is 0 Å². The van der Waals surface area contributed by atoms with Crippen molar-refractivity contribution in [2.24, 2.45) is 0 Å². The van der Waals surface area contributed by atoms with Gasteiger partial charge in [-0.15, -0.1) is 0 Å². The molecule has 0 fully saturated rings. The molecular weight excluding hydrogens is 197 g/mol. The molecule has 1 aliphatic rings. The van der Waals surface area contributed by atoms with E-state index >= 15 is 0 Å². The van der Waals surface area contributed by atoms with Gasteiger partial charge in [0.05, 0.1) is 7.11 Å². The number of carbonyl (C=O) groups is 1. The van der Waals surface area contributed by atoms with E-state index in [0.717, 1.165) is 5.57 Å². The average molecular weight is 207 g/mol. The molecule has 0 unspecified atom stereocenters. The van der Waals surface area contributed by atoms with Gasteiger partial charge in [-0.3, -0.25) is 4.79 Å². The first-order chi connectivity index (χ1) is 7.22. The van der Waals surface area contributed by atoms with Gasteiger partial charge in [-0.2, -0.15) is 0 Å². The van der Waals surface area contributed by atoms with E-state index in [1.165, 1.54) is 19.4 Å². The number of carbonyl (C=O) groups excluding carboxylic acids is 1. The molecule has 0 bridgehead atoms. The second-order valence-electron chi connectivity index (χ2n) is 3.32. The van der Waals surface area contributed by atoms with Gasteiger partial charge < -0.3 is 4.74 Å². The fraction of sp³-hybridized carbons (Fsp3) is 0.273. The van der Waals surface area contributed by atoms with Crippen LogP contribution in [-0.2, 0) is 4.79 Å². The third-order valence-electron chi connectivity index (χ3n) is 2.37. The average Bonchev–Trinajstić information content (AvgIpc) is 2.65. The molecular formula is C11H10FNO2. The monoisotopic (exact) mass is 207 g/mol. The van der Waals surface area contributed by atoms with Gasteiger partial charge in [0.15, 0.2) is 11.6 Å². The number of methoxy groups -OCH3 is 1. The van der Waals surface area contributed by atoms with Crippen molar-refractivity contribution < 1.29 is 13.9 Å². The quantitative estimate of drug-likeness (QED) is 0.744. The van der Waals surface area contributed by atoms with Gasteiger partial charge in [-0.05, 0) is 24.1 Å². The highest BCUT2D eigenvalue weighted by atomic mass is 19.1. The molecule has 0 radical (unpaired) electrons. The Bertz CT molecular complexity index is 440. The van der Waals surface area contributed by atoms with Crippen LogP contribution in [0.1, 0.15) is 18.4 Å². The van der Waals surface area contributed by atoms with Gasteiger partial charge in [0.25, 0.3) is 5.88 Å². The van der Waals surface area contributed by atoms with E-state index in [1.807, 2.05) is 0 Å². The largest absolute Gasteiger partial charge is 0.479 e. The normalized spacial score (nSPS) is 15.3. The third-order valence-corrected chi connectivity index (χ3v) is 2.37. The number of hydrogen-bond acceptors (Lipinski definition) is 3. The van der Waals surface area contributed by atoms with Crippen LogP contribution in [0.3, 0.4) is 0 Å². The fourth-order valence-electron chi connectivity index (χ4n) is 1.62. The van der Waals surface area contributed by atoms with Crippen molar-refractivity contribution in [3.05, 3.63) is 29.7 Å². The Morgan fingerprint density at radius 2 is 2.27 bits per heavy atom. The summed E-state index contributed by atoms with van der Waals surface area (Å²) < 4.78 is 18.5. The highest BCUT2D eigenvalue weighted by molar-refractivity contribution is 6.01. The molecule has 0 N–H and O–H groups in total. The highest BCUT2D eigenvalue weighted by Crippen LogP contribution is 2.30. The first-order valence-corrected chi connectivity index (χ1v) is 4.64. The summed E-state index contributed by atoms with van der Waals surface area (Å²) in [4.78, 5) is 14.8. The molecule has 1 aliphatic carbocycles. The lowest BCUT2D eigenvalue weighted by molar-refractivity contribution is -0.114. The number of ether oxygens (including phenoxy) is 1. The van der Waals surface area contributed by atoms with E-state index in [9.17, 15) is 9.18 Å². The molecule has 0 amide bonds. The molecule has 4 heteroatoms. The molecule has 1 heterocycles.